The van der Waals surface area contributed by atoms with Crippen LogP contribution in [-0.4, -0.2) is 43.3 Å². The number of allylic oxidation sites excluding steroid dienone is 4. The molecule has 0 atom stereocenters. The number of benzene rings is 2. The molecule has 6 nitrogen and oxygen atoms in total. The number of nitrogens with zero attached hydrogens (tertiary/aromatic N) is 1. The Balaban J connectivity index is 1.58. The molecule has 40 heavy (non-hydrogen) atoms. The van der Waals surface area contributed by atoms with Crippen LogP contribution in [0.25, 0.3) is 0 Å². The van der Waals surface area contributed by atoms with Gasteiger partial charge in [0.25, 0.3) is 0 Å². The smallest absolute Gasteiger partial charge is 0.174 e. The van der Waals surface area contributed by atoms with E-state index in [4.69, 9.17) is 25.8 Å². The molecule has 8 heteroatoms. The predicted molar refractivity (Wildman–Crippen MR) is 164 cm³/mol. The molecule has 2 aromatic rings. The third-order valence-corrected chi connectivity index (χ3v) is 8.83. The van der Waals surface area contributed by atoms with Crippen LogP contribution in [0.4, 0.5) is 0 Å². The largest absolute Gasteiger partial charge is 0.490 e. The molecular formula is C32H35ClINO5. The van der Waals surface area contributed by atoms with Crippen molar-refractivity contribution < 1.29 is 23.8 Å². The van der Waals surface area contributed by atoms with Gasteiger partial charge in [-0.3, -0.25) is 9.59 Å². The molecule has 0 N–H and O–H groups in total. The Morgan fingerprint density at radius 1 is 0.950 bits per heavy atom. The van der Waals surface area contributed by atoms with Gasteiger partial charge < -0.3 is 19.1 Å². The van der Waals surface area contributed by atoms with Crippen molar-refractivity contribution in [3.05, 3.63) is 78.7 Å². The molecule has 0 saturated heterocycles. The summed E-state index contributed by atoms with van der Waals surface area (Å²) in [4.78, 5) is 29.5. The Morgan fingerprint density at radius 2 is 1.60 bits per heavy atom. The van der Waals surface area contributed by atoms with Gasteiger partial charge in [0.2, 0.25) is 0 Å². The average Bonchev–Trinajstić information content (AvgIpc) is 2.94. The van der Waals surface area contributed by atoms with E-state index < -0.39 is 0 Å². The van der Waals surface area contributed by atoms with E-state index in [-0.39, 0.29) is 17.5 Å². The second-order valence-electron chi connectivity index (χ2n) is 10.4. The molecule has 3 aliphatic rings. The lowest BCUT2D eigenvalue weighted by Gasteiger charge is -2.44. The van der Waals surface area contributed by atoms with Crippen molar-refractivity contribution in [1.29, 1.82) is 0 Å². The van der Waals surface area contributed by atoms with E-state index in [1.165, 1.54) is 0 Å². The number of carbonyl (C=O) groups is 2. The summed E-state index contributed by atoms with van der Waals surface area (Å²) in [5.41, 5.74) is 5.65. The Kier molecular flexibility index (Phi) is 9.53. The second-order valence-corrected chi connectivity index (χ2v) is 12.0. The van der Waals surface area contributed by atoms with Crippen molar-refractivity contribution in [2.75, 3.05) is 26.9 Å². The zero-order valence-corrected chi connectivity index (χ0v) is 26.0. The van der Waals surface area contributed by atoms with Gasteiger partial charge in [-0.05, 0) is 97.0 Å². The summed E-state index contributed by atoms with van der Waals surface area (Å²) in [7, 11) is 1.70. The molecule has 0 spiro atoms. The van der Waals surface area contributed by atoms with E-state index in [9.17, 15) is 9.59 Å². The molecule has 0 amide bonds. The van der Waals surface area contributed by atoms with Crippen molar-refractivity contribution >= 4 is 45.8 Å². The standard InChI is InChI=1S/C32H35ClINO5/c1-3-39-28-18-21(17-23(34)32(28)40-19-20-11-13-22(33)14-12-20)29-30-24(7-4-9-26(30)36)35(15-6-16-38-2)25-8-5-10-27(37)31(25)29/h11-14,17-18,29H,3-10,15-16,19H2,1-2H3. The summed E-state index contributed by atoms with van der Waals surface area (Å²) in [6.45, 7) is 4.17. The fourth-order valence-electron chi connectivity index (χ4n) is 6.08. The summed E-state index contributed by atoms with van der Waals surface area (Å²) < 4.78 is 18.6. The van der Waals surface area contributed by atoms with Gasteiger partial charge in [0.15, 0.2) is 23.1 Å². The SMILES string of the molecule is CCOc1cc(C2C3=C(CCCC3=O)N(CCCOC)C3=C2C(=O)CCC3)cc(I)c1OCc1ccc(Cl)cc1. The number of rotatable bonds is 10. The van der Waals surface area contributed by atoms with Crippen LogP contribution in [0.15, 0.2) is 58.9 Å². The molecule has 5 rings (SSSR count). The summed E-state index contributed by atoms with van der Waals surface area (Å²) in [5, 5.41) is 0.680. The van der Waals surface area contributed by atoms with E-state index in [1.54, 1.807) is 7.11 Å². The number of methoxy groups -OCH3 is 1. The topological polar surface area (TPSA) is 65.1 Å². The van der Waals surface area contributed by atoms with E-state index in [2.05, 4.69) is 33.6 Å². The minimum absolute atomic E-state index is 0.143. The Hall–Kier alpha value is -2.36. The molecule has 0 aromatic heterocycles. The van der Waals surface area contributed by atoms with Crippen LogP contribution in [0.2, 0.25) is 5.02 Å². The summed E-state index contributed by atoms with van der Waals surface area (Å²) in [6, 6.07) is 11.6. The number of hydrogen-bond acceptors (Lipinski definition) is 6. The Morgan fingerprint density at radius 3 is 2.20 bits per heavy atom. The fraction of sp³-hybridized carbons (Fsp3) is 0.438. The van der Waals surface area contributed by atoms with Crippen LogP contribution in [0.3, 0.4) is 0 Å². The molecule has 2 aliphatic carbocycles. The van der Waals surface area contributed by atoms with Gasteiger partial charge in [-0.2, -0.15) is 0 Å². The molecule has 0 saturated carbocycles. The van der Waals surface area contributed by atoms with Crippen molar-refractivity contribution in [2.45, 2.75) is 64.4 Å². The summed E-state index contributed by atoms with van der Waals surface area (Å²) in [6.07, 6.45) is 5.21. The van der Waals surface area contributed by atoms with Crippen molar-refractivity contribution in [3.8, 4) is 11.5 Å². The molecule has 0 fully saturated rings. The fourth-order valence-corrected chi connectivity index (χ4v) is 6.99. The molecule has 1 heterocycles. The molecule has 1 aliphatic heterocycles. The normalized spacial score (nSPS) is 17.8. The first kappa shape index (κ1) is 29.1. The minimum Gasteiger partial charge on any atom is -0.490 e. The molecule has 0 radical (unpaired) electrons. The third kappa shape index (κ3) is 5.97. The van der Waals surface area contributed by atoms with Crippen LogP contribution in [-0.2, 0) is 20.9 Å². The van der Waals surface area contributed by atoms with Crippen LogP contribution >= 0.6 is 34.2 Å². The molecule has 212 valence electrons. The van der Waals surface area contributed by atoms with Crippen LogP contribution < -0.4 is 9.47 Å². The number of ether oxygens (including phenoxy) is 3. The molecule has 2 aromatic carbocycles. The van der Waals surface area contributed by atoms with Gasteiger partial charge in [-0.25, -0.2) is 0 Å². The minimum atomic E-state index is -0.387. The van der Waals surface area contributed by atoms with Gasteiger partial charge in [-0.15, -0.1) is 0 Å². The van der Waals surface area contributed by atoms with Crippen LogP contribution in [0.5, 0.6) is 11.5 Å². The third-order valence-electron chi connectivity index (χ3n) is 7.78. The predicted octanol–water partition coefficient (Wildman–Crippen LogP) is 7.37. The van der Waals surface area contributed by atoms with E-state index in [0.717, 1.165) is 75.9 Å². The second kappa shape index (κ2) is 13.1. The van der Waals surface area contributed by atoms with Crippen molar-refractivity contribution in [2.24, 2.45) is 0 Å². The Labute approximate surface area is 254 Å². The summed E-state index contributed by atoms with van der Waals surface area (Å²) in [5.74, 6) is 1.18. The quantitative estimate of drug-likeness (QED) is 0.194. The average molecular weight is 676 g/mol. The van der Waals surface area contributed by atoms with E-state index in [0.29, 0.717) is 49.2 Å². The highest BCUT2D eigenvalue weighted by molar-refractivity contribution is 14.1. The number of Topliss-reactive ketones (excluding diaryl/α,β-unsaturated/α-hetero) is 2. The molecule has 0 bridgehead atoms. The van der Waals surface area contributed by atoms with Crippen molar-refractivity contribution in [3.63, 3.8) is 0 Å². The highest BCUT2D eigenvalue weighted by Crippen LogP contribution is 2.50. The zero-order valence-electron chi connectivity index (χ0n) is 23.1. The van der Waals surface area contributed by atoms with Crippen LogP contribution in [0, 0.1) is 3.57 Å². The molecule has 0 unspecified atom stereocenters. The van der Waals surface area contributed by atoms with Gasteiger partial charge >= 0.3 is 0 Å². The first-order chi connectivity index (χ1) is 19.4. The lowest BCUT2D eigenvalue weighted by atomic mass is 9.71. The van der Waals surface area contributed by atoms with E-state index >= 15 is 0 Å². The summed E-state index contributed by atoms with van der Waals surface area (Å²) >= 11 is 8.32. The van der Waals surface area contributed by atoms with Crippen molar-refractivity contribution in [1.82, 2.24) is 4.90 Å². The maximum absolute atomic E-state index is 13.6. The molecular weight excluding hydrogens is 641 g/mol. The lowest BCUT2D eigenvalue weighted by Crippen LogP contribution is -2.39. The van der Waals surface area contributed by atoms with Gasteiger partial charge in [0.1, 0.15) is 6.61 Å². The van der Waals surface area contributed by atoms with Crippen LogP contribution in [0.1, 0.15) is 68.9 Å². The van der Waals surface area contributed by atoms with E-state index in [1.807, 2.05) is 37.3 Å². The Bertz CT molecular complexity index is 1310. The zero-order chi connectivity index (χ0) is 28.2. The number of ketones is 2. The highest BCUT2D eigenvalue weighted by atomic mass is 127. The maximum Gasteiger partial charge on any atom is 0.174 e. The highest BCUT2D eigenvalue weighted by Gasteiger charge is 2.43. The first-order valence-corrected chi connectivity index (χ1v) is 15.5. The first-order valence-electron chi connectivity index (χ1n) is 14.0. The van der Waals surface area contributed by atoms with Gasteiger partial charge in [0.05, 0.1) is 10.2 Å². The number of carbonyl (C=O) groups excluding carboxylic acids is 2. The van der Waals surface area contributed by atoms with Gasteiger partial charge in [0, 0.05) is 66.6 Å². The monoisotopic (exact) mass is 675 g/mol. The number of halogens is 2. The lowest BCUT2D eigenvalue weighted by molar-refractivity contribution is -0.117. The number of hydrogen-bond donors (Lipinski definition) is 0. The maximum atomic E-state index is 13.6. The van der Waals surface area contributed by atoms with Gasteiger partial charge in [-0.1, -0.05) is 23.7 Å².